The molecule has 0 saturated carbocycles. The highest BCUT2D eigenvalue weighted by atomic mass is 16.5. The number of hydrogen-bond donors (Lipinski definition) is 0. The summed E-state index contributed by atoms with van der Waals surface area (Å²) in [5.41, 5.74) is 2.58. The van der Waals surface area contributed by atoms with Gasteiger partial charge in [-0.25, -0.2) is 4.79 Å². The molecule has 0 heterocycles. The number of benzene rings is 2. The highest BCUT2D eigenvalue weighted by molar-refractivity contribution is 5.91. The smallest absolute Gasteiger partial charge is 0.338 e. The van der Waals surface area contributed by atoms with Crippen LogP contribution >= 0.6 is 0 Å². The first-order valence-electron chi connectivity index (χ1n) is 6.59. The molecule has 2 aromatic rings. The maximum Gasteiger partial charge on any atom is 0.338 e. The predicted octanol–water partition coefficient (Wildman–Crippen LogP) is 3.23. The van der Waals surface area contributed by atoms with Crippen molar-refractivity contribution in [1.29, 1.82) is 0 Å². The largest absolute Gasteiger partial charge is 0.462 e. The Morgan fingerprint density at radius 3 is 2.45 bits per heavy atom. The maximum absolute atomic E-state index is 12.1. The monoisotopic (exact) mass is 270 g/mol. The summed E-state index contributed by atoms with van der Waals surface area (Å²) in [5.74, 6) is -0.298. The lowest BCUT2D eigenvalue weighted by molar-refractivity contribution is 0.0504. The lowest BCUT2D eigenvalue weighted by atomic mass is 10.1. The van der Waals surface area contributed by atoms with E-state index >= 15 is 0 Å². The van der Waals surface area contributed by atoms with Crippen molar-refractivity contribution in [2.24, 2.45) is 0 Å². The van der Waals surface area contributed by atoms with E-state index in [4.69, 9.17) is 9.47 Å². The van der Waals surface area contributed by atoms with E-state index in [1.165, 1.54) is 0 Å². The van der Waals surface area contributed by atoms with Crippen LogP contribution in [-0.4, -0.2) is 19.7 Å². The van der Waals surface area contributed by atoms with E-state index in [0.717, 1.165) is 17.5 Å². The van der Waals surface area contributed by atoms with Crippen molar-refractivity contribution in [3.05, 3.63) is 71.3 Å². The van der Waals surface area contributed by atoms with Gasteiger partial charge in [-0.15, -0.1) is 0 Å². The summed E-state index contributed by atoms with van der Waals surface area (Å²) >= 11 is 0. The standard InChI is InChI=1S/C17H18O3/c1-19-13-15-9-5-6-10-16(15)17(18)20-12-11-14-7-3-2-4-8-14/h2-10H,11-13H2,1H3. The maximum atomic E-state index is 12.1. The summed E-state index contributed by atoms with van der Waals surface area (Å²) in [6.45, 7) is 0.786. The first kappa shape index (κ1) is 14.3. The molecule has 0 aliphatic heterocycles. The molecule has 2 rings (SSSR count). The fourth-order valence-electron chi connectivity index (χ4n) is 1.98. The summed E-state index contributed by atoms with van der Waals surface area (Å²) in [6, 6.07) is 17.3. The minimum atomic E-state index is -0.298. The van der Waals surface area contributed by atoms with E-state index in [-0.39, 0.29) is 5.97 Å². The van der Waals surface area contributed by atoms with Gasteiger partial charge in [-0.1, -0.05) is 48.5 Å². The van der Waals surface area contributed by atoms with Crippen LogP contribution < -0.4 is 0 Å². The van der Waals surface area contributed by atoms with Crippen molar-refractivity contribution in [3.8, 4) is 0 Å². The molecular formula is C17H18O3. The molecule has 0 unspecified atom stereocenters. The van der Waals surface area contributed by atoms with Gasteiger partial charge in [0.1, 0.15) is 0 Å². The number of rotatable bonds is 6. The Bertz CT molecular complexity index is 549. The highest BCUT2D eigenvalue weighted by Crippen LogP contribution is 2.11. The van der Waals surface area contributed by atoms with Crippen molar-refractivity contribution in [2.45, 2.75) is 13.0 Å². The van der Waals surface area contributed by atoms with E-state index in [1.54, 1.807) is 13.2 Å². The SMILES string of the molecule is COCc1ccccc1C(=O)OCCc1ccccc1. The summed E-state index contributed by atoms with van der Waals surface area (Å²) in [5, 5.41) is 0. The molecule has 0 radical (unpaired) electrons. The summed E-state index contributed by atoms with van der Waals surface area (Å²) in [7, 11) is 1.61. The van der Waals surface area contributed by atoms with Gasteiger partial charge in [0.15, 0.2) is 0 Å². The first-order valence-corrected chi connectivity index (χ1v) is 6.59. The molecule has 2 aromatic carbocycles. The molecule has 0 N–H and O–H groups in total. The van der Waals surface area contributed by atoms with Crippen molar-refractivity contribution < 1.29 is 14.3 Å². The normalized spacial score (nSPS) is 10.2. The van der Waals surface area contributed by atoms with Gasteiger partial charge in [-0.05, 0) is 17.2 Å². The third-order valence-corrected chi connectivity index (χ3v) is 3.00. The second-order valence-corrected chi connectivity index (χ2v) is 4.46. The van der Waals surface area contributed by atoms with Crippen LogP contribution in [0.5, 0.6) is 0 Å². The summed E-state index contributed by atoms with van der Waals surface area (Å²) < 4.78 is 10.4. The third-order valence-electron chi connectivity index (χ3n) is 3.00. The van der Waals surface area contributed by atoms with Crippen LogP contribution in [0.15, 0.2) is 54.6 Å². The van der Waals surface area contributed by atoms with Crippen LogP contribution in [0.4, 0.5) is 0 Å². The Balaban J connectivity index is 1.92. The molecular weight excluding hydrogens is 252 g/mol. The van der Waals surface area contributed by atoms with E-state index in [2.05, 4.69) is 0 Å². The average molecular weight is 270 g/mol. The van der Waals surface area contributed by atoms with Crippen LogP contribution in [0.25, 0.3) is 0 Å². The van der Waals surface area contributed by atoms with E-state index in [9.17, 15) is 4.79 Å². The number of methoxy groups -OCH3 is 1. The van der Waals surface area contributed by atoms with E-state index in [1.807, 2.05) is 48.5 Å². The summed E-state index contributed by atoms with van der Waals surface area (Å²) in [6.07, 6.45) is 0.721. The second-order valence-electron chi connectivity index (χ2n) is 4.46. The van der Waals surface area contributed by atoms with Gasteiger partial charge in [-0.2, -0.15) is 0 Å². The molecule has 0 aliphatic rings. The van der Waals surface area contributed by atoms with Gasteiger partial charge >= 0.3 is 5.97 Å². The minimum Gasteiger partial charge on any atom is -0.462 e. The first-order chi connectivity index (χ1) is 9.81. The third kappa shape index (κ3) is 3.93. The van der Waals surface area contributed by atoms with Gasteiger partial charge in [-0.3, -0.25) is 0 Å². The average Bonchev–Trinajstić information content (AvgIpc) is 2.49. The molecule has 20 heavy (non-hydrogen) atoms. The van der Waals surface area contributed by atoms with Crippen molar-refractivity contribution in [2.75, 3.05) is 13.7 Å². The quantitative estimate of drug-likeness (QED) is 0.756. The van der Waals surface area contributed by atoms with Gasteiger partial charge in [0.05, 0.1) is 18.8 Å². The fourth-order valence-corrected chi connectivity index (χ4v) is 1.98. The fraction of sp³-hybridized carbons (Fsp3) is 0.235. The zero-order chi connectivity index (χ0) is 14.2. The zero-order valence-corrected chi connectivity index (χ0v) is 11.5. The number of ether oxygens (including phenoxy) is 2. The number of esters is 1. The Hall–Kier alpha value is -2.13. The Morgan fingerprint density at radius 2 is 1.70 bits per heavy atom. The van der Waals surface area contributed by atoms with Gasteiger partial charge in [0.2, 0.25) is 0 Å². The predicted molar refractivity (Wildman–Crippen MR) is 77.6 cm³/mol. The lowest BCUT2D eigenvalue weighted by Gasteiger charge is -2.09. The summed E-state index contributed by atoms with van der Waals surface area (Å²) in [4.78, 5) is 12.1. The topological polar surface area (TPSA) is 35.5 Å². The van der Waals surface area contributed by atoms with E-state index in [0.29, 0.717) is 18.8 Å². The Kier molecular flexibility index (Phi) is 5.33. The van der Waals surface area contributed by atoms with Crippen LogP contribution in [0.2, 0.25) is 0 Å². The molecule has 3 nitrogen and oxygen atoms in total. The molecule has 0 bridgehead atoms. The molecule has 0 aromatic heterocycles. The van der Waals surface area contributed by atoms with E-state index < -0.39 is 0 Å². The molecule has 0 saturated heterocycles. The highest BCUT2D eigenvalue weighted by Gasteiger charge is 2.11. The minimum absolute atomic E-state index is 0.298. The zero-order valence-electron chi connectivity index (χ0n) is 11.5. The second kappa shape index (κ2) is 7.46. The molecule has 0 aliphatic carbocycles. The number of carbonyl (C=O) groups is 1. The van der Waals surface area contributed by atoms with Crippen LogP contribution in [0.1, 0.15) is 21.5 Å². The Morgan fingerprint density at radius 1 is 1.00 bits per heavy atom. The van der Waals surface area contributed by atoms with Gasteiger partial charge < -0.3 is 9.47 Å². The van der Waals surface area contributed by atoms with Crippen LogP contribution in [0.3, 0.4) is 0 Å². The van der Waals surface area contributed by atoms with Crippen molar-refractivity contribution in [3.63, 3.8) is 0 Å². The molecule has 104 valence electrons. The number of hydrogen-bond acceptors (Lipinski definition) is 3. The molecule has 3 heteroatoms. The number of carbonyl (C=O) groups excluding carboxylic acids is 1. The van der Waals surface area contributed by atoms with Crippen LogP contribution in [-0.2, 0) is 22.5 Å². The Labute approximate surface area is 119 Å². The molecule has 0 fully saturated rings. The van der Waals surface area contributed by atoms with Gasteiger partial charge in [0, 0.05) is 13.5 Å². The molecule has 0 spiro atoms. The lowest BCUT2D eigenvalue weighted by Crippen LogP contribution is -2.11. The van der Waals surface area contributed by atoms with Crippen molar-refractivity contribution >= 4 is 5.97 Å². The van der Waals surface area contributed by atoms with Crippen molar-refractivity contribution in [1.82, 2.24) is 0 Å². The molecule has 0 atom stereocenters. The van der Waals surface area contributed by atoms with Crippen LogP contribution in [0, 0.1) is 0 Å². The van der Waals surface area contributed by atoms with Gasteiger partial charge in [0.25, 0.3) is 0 Å². The molecule has 0 amide bonds.